The second-order valence-electron chi connectivity index (χ2n) is 13.6. The van der Waals surface area contributed by atoms with Gasteiger partial charge in [0.05, 0.1) is 6.61 Å². The average Bonchev–Trinajstić information content (AvgIpc) is 3.01. The zero-order chi connectivity index (χ0) is 31.8. The fourth-order valence-electron chi connectivity index (χ4n) is 6.27. The predicted octanol–water partition coefficient (Wildman–Crippen LogP) is 12.4. The van der Waals surface area contributed by atoms with Gasteiger partial charge < -0.3 is 9.64 Å². The summed E-state index contributed by atoms with van der Waals surface area (Å²) >= 11 is 0. The maximum Gasteiger partial charge on any atom is 0.305 e. The quantitative estimate of drug-likeness (QED) is 0.0550. The van der Waals surface area contributed by atoms with Crippen LogP contribution < -0.4 is 0 Å². The Bertz CT molecular complexity index is 607. The number of hydrogen-bond donors (Lipinski definition) is 0. The monoisotopic (exact) mass is 608 g/mol. The van der Waals surface area contributed by atoms with Gasteiger partial charge in [-0.25, -0.2) is 0 Å². The molecule has 0 bridgehead atoms. The Balaban J connectivity index is 4.44. The maximum atomic E-state index is 13.0. The van der Waals surface area contributed by atoms with Crippen LogP contribution >= 0.6 is 0 Å². The number of carbonyl (C=O) groups is 2. The summed E-state index contributed by atoms with van der Waals surface area (Å²) in [4.78, 5) is 27.6. The van der Waals surface area contributed by atoms with Crippen LogP contribution in [0.5, 0.6) is 0 Å². The molecule has 0 aromatic heterocycles. The van der Waals surface area contributed by atoms with Crippen molar-refractivity contribution in [3.8, 4) is 0 Å². The first-order valence-electron chi connectivity index (χ1n) is 19.4. The van der Waals surface area contributed by atoms with Crippen LogP contribution in [0.15, 0.2) is 0 Å². The molecule has 4 nitrogen and oxygen atoms in total. The van der Waals surface area contributed by atoms with Gasteiger partial charge in [-0.05, 0) is 44.4 Å². The summed E-state index contributed by atoms with van der Waals surface area (Å²) in [6, 6.07) is 0.340. The molecule has 0 N–H and O–H groups in total. The van der Waals surface area contributed by atoms with Crippen molar-refractivity contribution in [1.82, 2.24) is 4.90 Å². The predicted molar refractivity (Wildman–Crippen MR) is 188 cm³/mol. The van der Waals surface area contributed by atoms with Crippen molar-refractivity contribution in [2.45, 2.75) is 220 Å². The summed E-state index contributed by atoms with van der Waals surface area (Å²) in [5.41, 5.74) is 0. The highest BCUT2D eigenvalue weighted by Gasteiger charge is 2.19. The van der Waals surface area contributed by atoms with E-state index in [4.69, 9.17) is 4.74 Å². The fourth-order valence-corrected chi connectivity index (χ4v) is 6.27. The van der Waals surface area contributed by atoms with E-state index < -0.39 is 0 Å². The van der Waals surface area contributed by atoms with Gasteiger partial charge in [0, 0.05) is 25.9 Å². The first-order valence-corrected chi connectivity index (χ1v) is 19.4. The number of esters is 1. The van der Waals surface area contributed by atoms with Crippen molar-refractivity contribution in [2.24, 2.45) is 5.92 Å². The Kier molecular flexibility index (Phi) is 31.5. The van der Waals surface area contributed by atoms with E-state index in [1.165, 1.54) is 135 Å². The summed E-state index contributed by atoms with van der Waals surface area (Å²) < 4.78 is 5.81. The van der Waals surface area contributed by atoms with Gasteiger partial charge >= 0.3 is 5.97 Å². The number of ether oxygens (including phenoxy) is 1. The van der Waals surface area contributed by atoms with Gasteiger partial charge in [0.1, 0.15) is 0 Å². The standard InChI is InChI=1S/C39H77NO3/c1-6-10-14-18-20-24-30-36(29-23-16-12-8-3)35-43-39(42)34-28-22-26-32-37(31-25-17-13-9-4)40(5)38(41)33-27-21-19-15-11-7-2/h36-37H,6-35H2,1-5H3. The minimum Gasteiger partial charge on any atom is -0.465 e. The molecule has 0 aliphatic carbocycles. The van der Waals surface area contributed by atoms with Crippen molar-refractivity contribution in [2.75, 3.05) is 13.7 Å². The molecule has 0 aliphatic heterocycles. The fraction of sp³-hybridized carbons (Fsp3) is 0.949. The number of amides is 1. The Hall–Kier alpha value is -1.06. The molecule has 0 rings (SSSR count). The average molecular weight is 608 g/mol. The second kappa shape index (κ2) is 32.3. The summed E-state index contributed by atoms with van der Waals surface area (Å²) in [6.45, 7) is 9.65. The van der Waals surface area contributed by atoms with E-state index in [1.54, 1.807) is 0 Å². The summed E-state index contributed by atoms with van der Waals surface area (Å²) in [6.07, 6.45) is 34.2. The van der Waals surface area contributed by atoms with Crippen LogP contribution in [0.2, 0.25) is 0 Å². The second-order valence-corrected chi connectivity index (χ2v) is 13.6. The smallest absolute Gasteiger partial charge is 0.305 e. The van der Waals surface area contributed by atoms with Crippen LogP contribution in [0.3, 0.4) is 0 Å². The Morgan fingerprint density at radius 1 is 0.488 bits per heavy atom. The SMILES string of the molecule is CCCCCCCCC(=O)N(C)C(CCCCCC)CCCCCC(=O)OCC(CCCCCC)CCCCCCCC. The van der Waals surface area contributed by atoms with E-state index in [1.807, 2.05) is 7.05 Å². The lowest BCUT2D eigenvalue weighted by molar-refractivity contribution is -0.145. The van der Waals surface area contributed by atoms with Gasteiger partial charge in [0.25, 0.3) is 0 Å². The summed E-state index contributed by atoms with van der Waals surface area (Å²) in [7, 11) is 2.03. The van der Waals surface area contributed by atoms with Crippen LogP contribution in [-0.2, 0) is 14.3 Å². The lowest BCUT2D eigenvalue weighted by atomic mass is 9.95. The molecule has 0 aromatic carbocycles. The third-order valence-corrected chi connectivity index (χ3v) is 9.41. The molecule has 0 saturated heterocycles. The number of nitrogens with zero attached hydrogens (tertiary/aromatic N) is 1. The molecule has 0 heterocycles. The van der Waals surface area contributed by atoms with Gasteiger partial charge in [0.2, 0.25) is 5.91 Å². The summed E-state index contributed by atoms with van der Waals surface area (Å²) in [5.74, 6) is 0.846. The Labute approximate surface area is 270 Å². The number of hydrogen-bond acceptors (Lipinski definition) is 3. The van der Waals surface area contributed by atoms with E-state index in [-0.39, 0.29) is 5.97 Å². The molecule has 0 radical (unpaired) electrons. The third-order valence-electron chi connectivity index (χ3n) is 9.41. The van der Waals surface area contributed by atoms with E-state index in [2.05, 4.69) is 32.6 Å². The van der Waals surface area contributed by atoms with E-state index in [9.17, 15) is 9.59 Å². The highest BCUT2D eigenvalue weighted by molar-refractivity contribution is 5.76. The lowest BCUT2D eigenvalue weighted by Crippen LogP contribution is -2.37. The molecular weight excluding hydrogens is 530 g/mol. The molecule has 0 aromatic rings. The van der Waals surface area contributed by atoms with Crippen molar-refractivity contribution < 1.29 is 14.3 Å². The Morgan fingerprint density at radius 3 is 1.37 bits per heavy atom. The molecular formula is C39H77NO3. The molecule has 2 unspecified atom stereocenters. The minimum atomic E-state index is -0.0103. The van der Waals surface area contributed by atoms with Crippen molar-refractivity contribution in [3.63, 3.8) is 0 Å². The van der Waals surface area contributed by atoms with E-state index in [0.717, 1.165) is 38.5 Å². The van der Waals surface area contributed by atoms with Gasteiger partial charge in [-0.2, -0.15) is 0 Å². The summed E-state index contributed by atoms with van der Waals surface area (Å²) in [5, 5.41) is 0. The molecule has 43 heavy (non-hydrogen) atoms. The van der Waals surface area contributed by atoms with Crippen molar-refractivity contribution in [3.05, 3.63) is 0 Å². The number of unbranched alkanes of at least 4 members (excludes halogenated alkanes) is 18. The molecule has 0 spiro atoms. The van der Waals surface area contributed by atoms with Gasteiger partial charge in [-0.15, -0.1) is 0 Å². The maximum absolute atomic E-state index is 13.0. The van der Waals surface area contributed by atoms with Crippen LogP contribution in [0.4, 0.5) is 0 Å². The van der Waals surface area contributed by atoms with Crippen LogP contribution in [0.1, 0.15) is 214 Å². The van der Waals surface area contributed by atoms with Crippen LogP contribution in [0.25, 0.3) is 0 Å². The largest absolute Gasteiger partial charge is 0.465 e. The van der Waals surface area contributed by atoms with Crippen molar-refractivity contribution in [1.29, 1.82) is 0 Å². The first kappa shape index (κ1) is 41.9. The minimum absolute atomic E-state index is 0.0103. The topological polar surface area (TPSA) is 46.6 Å². The van der Waals surface area contributed by atoms with Gasteiger partial charge in [0.15, 0.2) is 0 Å². The lowest BCUT2D eigenvalue weighted by Gasteiger charge is -2.29. The molecule has 0 saturated carbocycles. The molecule has 4 heteroatoms. The third kappa shape index (κ3) is 27.0. The van der Waals surface area contributed by atoms with E-state index in [0.29, 0.717) is 37.3 Å². The van der Waals surface area contributed by atoms with Crippen LogP contribution in [0, 0.1) is 5.92 Å². The molecule has 1 amide bonds. The number of rotatable bonds is 33. The zero-order valence-corrected chi connectivity index (χ0v) is 30.0. The molecule has 2 atom stereocenters. The molecule has 0 fully saturated rings. The Morgan fingerprint density at radius 2 is 0.860 bits per heavy atom. The van der Waals surface area contributed by atoms with E-state index >= 15 is 0 Å². The molecule has 0 aliphatic rings. The van der Waals surface area contributed by atoms with Crippen molar-refractivity contribution >= 4 is 11.9 Å². The molecule has 256 valence electrons. The van der Waals surface area contributed by atoms with Gasteiger partial charge in [-0.3, -0.25) is 9.59 Å². The first-order chi connectivity index (χ1) is 21.0. The van der Waals surface area contributed by atoms with Crippen LogP contribution in [-0.4, -0.2) is 36.5 Å². The zero-order valence-electron chi connectivity index (χ0n) is 30.0. The highest BCUT2D eigenvalue weighted by atomic mass is 16.5. The normalized spacial score (nSPS) is 12.8. The highest BCUT2D eigenvalue weighted by Crippen LogP contribution is 2.21. The number of carbonyl (C=O) groups excluding carboxylic acids is 2. The van der Waals surface area contributed by atoms with Gasteiger partial charge in [-0.1, -0.05) is 163 Å².